The van der Waals surface area contributed by atoms with Gasteiger partial charge in [-0.15, -0.1) is 0 Å². The summed E-state index contributed by atoms with van der Waals surface area (Å²) in [4.78, 5) is 11.9. The molecule has 7 nitrogen and oxygen atoms in total. The number of aromatic nitrogens is 2. The number of carboxylic acid groups (broad SMARTS) is 1. The molecule has 2 aromatic heterocycles. The van der Waals surface area contributed by atoms with Crippen LogP contribution in [-0.2, 0) is 4.79 Å². The molecular formula is C31H34FN3O4. The molecule has 39 heavy (non-hydrogen) atoms. The zero-order valence-corrected chi connectivity index (χ0v) is 22.2. The van der Waals surface area contributed by atoms with Crippen LogP contribution >= 0.6 is 0 Å². The maximum Gasteiger partial charge on any atom is 0.153 e. The lowest BCUT2D eigenvalue weighted by atomic mass is 9.92. The summed E-state index contributed by atoms with van der Waals surface area (Å²) < 4.78 is 15.4. The summed E-state index contributed by atoms with van der Waals surface area (Å²) in [6.45, 7) is 5.97. The number of fused-ring (bicyclic) bond motifs is 1. The van der Waals surface area contributed by atoms with E-state index in [2.05, 4.69) is 13.8 Å². The van der Waals surface area contributed by atoms with E-state index in [0.29, 0.717) is 11.3 Å². The smallest absolute Gasteiger partial charge is 0.153 e. The molecule has 0 aliphatic heterocycles. The molecular weight excluding hydrogens is 497 g/mol. The van der Waals surface area contributed by atoms with E-state index >= 15 is 0 Å². The molecule has 0 spiro atoms. The summed E-state index contributed by atoms with van der Waals surface area (Å²) in [7, 11) is 0. The molecule has 0 aliphatic rings. The fourth-order valence-corrected chi connectivity index (χ4v) is 4.92. The van der Waals surface area contributed by atoms with Gasteiger partial charge in [0.05, 0.1) is 17.3 Å². The van der Waals surface area contributed by atoms with Crippen molar-refractivity contribution in [2.45, 2.75) is 57.4 Å². The summed E-state index contributed by atoms with van der Waals surface area (Å²) in [6.07, 6.45) is 2.44. The molecule has 0 amide bonds. The van der Waals surface area contributed by atoms with Crippen molar-refractivity contribution in [1.29, 1.82) is 0 Å². The molecule has 0 saturated carbocycles. The van der Waals surface area contributed by atoms with Gasteiger partial charge in [-0.25, -0.2) is 8.91 Å². The van der Waals surface area contributed by atoms with Crippen LogP contribution in [0.25, 0.3) is 22.9 Å². The average Bonchev–Trinajstić information content (AvgIpc) is 3.38. The van der Waals surface area contributed by atoms with Gasteiger partial charge in [-0.05, 0) is 54.8 Å². The first kappa shape index (κ1) is 28.2. The van der Waals surface area contributed by atoms with Crippen molar-refractivity contribution < 1.29 is 29.8 Å². The second-order valence-corrected chi connectivity index (χ2v) is 10.1. The predicted octanol–water partition coefficient (Wildman–Crippen LogP) is 2.83. The molecule has 0 radical (unpaired) electrons. The third-order valence-electron chi connectivity index (χ3n) is 6.93. The number of quaternary nitrogens is 1. The number of halogens is 1. The highest BCUT2D eigenvalue weighted by Gasteiger charge is 2.28. The summed E-state index contributed by atoms with van der Waals surface area (Å²) >= 11 is 0. The maximum absolute atomic E-state index is 13.6. The molecule has 4 atom stereocenters. The highest BCUT2D eigenvalue weighted by atomic mass is 19.1. The lowest BCUT2D eigenvalue weighted by Crippen LogP contribution is -2.95. The van der Waals surface area contributed by atoms with Gasteiger partial charge in [0.1, 0.15) is 23.9 Å². The van der Waals surface area contributed by atoms with E-state index in [1.54, 1.807) is 28.0 Å². The fourth-order valence-electron chi connectivity index (χ4n) is 4.92. The first-order valence-electron chi connectivity index (χ1n) is 13.1. The van der Waals surface area contributed by atoms with Crippen LogP contribution in [0.3, 0.4) is 0 Å². The molecule has 4 rings (SSSR count). The Morgan fingerprint density at radius 2 is 1.74 bits per heavy atom. The van der Waals surface area contributed by atoms with Crippen LogP contribution in [0.2, 0.25) is 0 Å². The second-order valence-electron chi connectivity index (χ2n) is 10.1. The molecule has 2 aromatic carbocycles. The SMILES string of the molecule is CC(C)c1c(/C=C/C(O)CC(O)C([NH2+][C@@H](C)c2ccccc2)C(=O)[O-])c(-c2ccc(F)cc2)nn2cccc12. The molecule has 0 fully saturated rings. The quantitative estimate of drug-likeness (QED) is 0.275. The minimum Gasteiger partial charge on any atom is -0.544 e. The van der Waals surface area contributed by atoms with Crippen LogP contribution in [0.1, 0.15) is 55.8 Å². The van der Waals surface area contributed by atoms with Crippen LogP contribution in [0.15, 0.2) is 79.0 Å². The van der Waals surface area contributed by atoms with Crippen LogP contribution in [0.5, 0.6) is 0 Å². The Bertz CT molecular complexity index is 1430. The Morgan fingerprint density at radius 1 is 1.05 bits per heavy atom. The van der Waals surface area contributed by atoms with Gasteiger partial charge in [0.15, 0.2) is 6.04 Å². The van der Waals surface area contributed by atoms with E-state index < -0.39 is 24.2 Å². The van der Waals surface area contributed by atoms with Crippen molar-refractivity contribution in [1.82, 2.24) is 9.61 Å². The third kappa shape index (κ3) is 6.60. The Hall–Kier alpha value is -3.85. The number of nitrogens with two attached hydrogens (primary N) is 1. The number of carbonyl (C=O) groups excluding carboxylic acids is 1. The monoisotopic (exact) mass is 531 g/mol. The summed E-state index contributed by atoms with van der Waals surface area (Å²) in [5.74, 6) is -1.65. The molecule has 4 aromatic rings. The van der Waals surface area contributed by atoms with E-state index in [-0.39, 0.29) is 24.2 Å². The molecule has 3 unspecified atom stereocenters. The van der Waals surface area contributed by atoms with Gasteiger partial charge < -0.3 is 25.4 Å². The fraction of sp³-hybridized carbons (Fsp3) is 0.290. The van der Waals surface area contributed by atoms with Crippen LogP contribution in [0, 0.1) is 5.82 Å². The molecule has 8 heteroatoms. The number of benzene rings is 2. The number of nitrogens with zero attached hydrogens (tertiary/aromatic N) is 2. The first-order chi connectivity index (χ1) is 18.7. The number of carbonyl (C=O) groups is 1. The largest absolute Gasteiger partial charge is 0.544 e. The van der Waals surface area contributed by atoms with Crippen molar-refractivity contribution in [2.75, 3.05) is 0 Å². The average molecular weight is 532 g/mol. The van der Waals surface area contributed by atoms with Crippen LogP contribution < -0.4 is 10.4 Å². The first-order valence-corrected chi connectivity index (χ1v) is 13.1. The summed E-state index contributed by atoms with van der Waals surface area (Å²) in [6, 6.07) is 17.8. The number of aliphatic carboxylic acids is 1. The maximum atomic E-state index is 13.6. The van der Waals surface area contributed by atoms with Gasteiger partial charge in [0.2, 0.25) is 0 Å². The molecule has 204 valence electrons. The molecule has 0 aliphatic carbocycles. The number of aliphatic hydroxyl groups is 2. The number of rotatable bonds is 11. The number of aliphatic hydroxyl groups excluding tert-OH is 2. The molecule has 2 heterocycles. The summed E-state index contributed by atoms with van der Waals surface area (Å²) in [5, 5.41) is 39.7. The predicted molar refractivity (Wildman–Crippen MR) is 146 cm³/mol. The second kappa shape index (κ2) is 12.3. The van der Waals surface area contributed by atoms with E-state index in [1.807, 2.05) is 55.6 Å². The van der Waals surface area contributed by atoms with Gasteiger partial charge in [-0.2, -0.15) is 5.10 Å². The lowest BCUT2D eigenvalue weighted by molar-refractivity contribution is -0.725. The summed E-state index contributed by atoms with van der Waals surface area (Å²) in [5.41, 5.74) is 4.91. The van der Waals surface area contributed by atoms with E-state index in [9.17, 15) is 24.5 Å². The van der Waals surface area contributed by atoms with Gasteiger partial charge in [0, 0.05) is 29.3 Å². The normalized spacial score (nSPS) is 15.1. The van der Waals surface area contributed by atoms with Crippen molar-refractivity contribution in [2.24, 2.45) is 0 Å². The van der Waals surface area contributed by atoms with E-state index in [1.165, 1.54) is 18.2 Å². The van der Waals surface area contributed by atoms with Crippen molar-refractivity contribution in [3.8, 4) is 11.3 Å². The Morgan fingerprint density at radius 3 is 2.38 bits per heavy atom. The van der Waals surface area contributed by atoms with Crippen molar-refractivity contribution >= 4 is 17.6 Å². The van der Waals surface area contributed by atoms with E-state index in [4.69, 9.17) is 5.10 Å². The van der Waals surface area contributed by atoms with Crippen molar-refractivity contribution in [3.05, 3.63) is 102 Å². The molecule has 4 N–H and O–H groups in total. The van der Waals surface area contributed by atoms with Crippen LogP contribution in [-0.4, -0.2) is 44.0 Å². The van der Waals surface area contributed by atoms with E-state index in [0.717, 1.165) is 22.2 Å². The van der Waals surface area contributed by atoms with Gasteiger partial charge in [-0.3, -0.25) is 0 Å². The molecule has 0 bridgehead atoms. The van der Waals surface area contributed by atoms with Crippen LogP contribution in [0.4, 0.5) is 4.39 Å². The zero-order valence-electron chi connectivity index (χ0n) is 22.2. The zero-order chi connectivity index (χ0) is 28.1. The standard InChI is InChI=1S/C31H34FN3O4/c1-19(2)28-25(29(22-11-13-23(32)14-12-22)34-35-17-7-10-26(28)35)16-15-24(36)18-27(37)30(31(38)39)33-20(3)21-8-5-4-6-9-21/h4-17,19-20,24,27,30,33,36-37H,18H2,1-3H3,(H,38,39)/b16-15+/t20-,24?,27?,30?/m0/s1. The number of hydrogen-bond donors (Lipinski definition) is 3. The Labute approximate surface area is 227 Å². The Balaban J connectivity index is 1.60. The van der Waals surface area contributed by atoms with Gasteiger partial charge >= 0.3 is 0 Å². The van der Waals surface area contributed by atoms with Gasteiger partial charge in [-0.1, -0.05) is 56.3 Å². The lowest BCUT2D eigenvalue weighted by Gasteiger charge is -2.26. The Kier molecular flexibility index (Phi) is 8.91. The molecule has 0 saturated heterocycles. The minimum atomic E-state index is -1.40. The third-order valence-corrected chi connectivity index (χ3v) is 6.93. The number of hydrogen-bond acceptors (Lipinski definition) is 5. The number of carboxylic acids is 1. The minimum absolute atomic E-state index is 0.100. The highest BCUT2D eigenvalue weighted by molar-refractivity contribution is 5.79. The highest BCUT2D eigenvalue weighted by Crippen LogP contribution is 2.33. The van der Waals surface area contributed by atoms with Gasteiger partial charge in [0.25, 0.3) is 0 Å². The van der Waals surface area contributed by atoms with Crippen molar-refractivity contribution in [3.63, 3.8) is 0 Å². The topological polar surface area (TPSA) is 114 Å².